The van der Waals surface area contributed by atoms with Crippen molar-refractivity contribution in [2.75, 3.05) is 14.2 Å². The van der Waals surface area contributed by atoms with Crippen molar-refractivity contribution >= 4 is 11.7 Å². The van der Waals surface area contributed by atoms with Crippen molar-refractivity contribution in [3.05, 3.63) is 41.0 Å². The maximum Gasteiger partial charge on any atom is 0.352 e. The Kier molecular flexibility index (Phi) is 4.29. The highest BCUT2D eigenvalue weighted by molar-refractivity contribution is 6.00. The molecule has 0 aliphatic carbocycles. The largest absolute Gasteiger partial charge is 0.494 e. The Labute approximate surface area is 100 Å². The normalized spacial score (nSPS) is 11.2. The predicted molar refractivity (Wildman–Crippen MR) is 62.7 cm³/mol. The number of carbonyl (C=O) groups excluding carboxylic acids is 1. The number of methoxy groups -OCH3 is 2. The number of hydrogen-bond donors (Lipinski definition) is 0. The minimum absolute atomic E-state index is 0.135. The van der Waals surface area contributed by atoms with Crippen molar-refractivity contribution in [1.29, 1.82) is 5.26 Å². The van der Waals surface area contributed by atoms with E-state index in [0.717, 1.165) is 5.56 Å². The molecule has 4 heteroatoms. The Morgan fingerprint density at radius 3 is 2.35 bits per heavy atom. The van der Waals surface area contributed by atoms with Gasteiger partial charge in [0.15, 0.2) is 11.3 Å². The number of carbonyl (C=O) groups is 1. The van der Waals surface area contributed by atoms with Crippen molar-refractivity contribution in [2.45, 2.75) is 6.92 Å². The molecule has 0 unspecified atom stereocenters. The number of nitrogens with zero attached hydrogens (tertiary/aromatic N) is 1. The average Bonchev–Trinajstić information content (AvgIpc) is 2.36. The van der Waals surface area contributed by atoms with Crippen LogP contribution in [0.1, 0.15) is 11.1 Å². The van der Waals surface area contributed by atoms with E-state index in [1.807, 2.05) is 31.2 Å². The van der Waals surface area contributed by atoms with Gasteiger partial charge in [-0.15, -0.1) is 0 Å². The summed E-state index contributed by atoms with van der Waals surface area (Å²) in [5.74, 6) is -0.468. The van der Waals surface area contributed by atoms with Crippen LogP contribution in [0.2, 0.25) is 0 Å². The van der Waals surface area contributed by atoms with Crippen LogP contribution in [0.5, 0.6) is 0 Å². The third-order valence-corrected chi connectivity index (χ3v) is 2.32. The van der Waals surface area contributed by atoms with Crippen LogP contribution in [-0.4, -0.2) is 20.2 Å². The third kappa shape index (κ3) is 2.64. The minimum Gasteiger partial charge on any atom is -0.494 e. The van der Waals surface area contributed by atoms with Gasteiger partial charge in [-0.2, -0.15) is 5.26 Å². The molecule has 0 saturated carbocycles. The Bertz CT molecular complexity index is 498. The molecule has 0 amide bonds. The smallest absolute Gasteiger partial charge is 0.352 e. The fourth-order valence-electron chi connectivity index (χ4n) is 1.47. The van der Waals surface area contributed by atoms with Crippen LogP contribution in [0.15, 0.2) is 29.8 Å². The molecule has 1 aromatic carbocycles. The number of esters is 1. The molecule has 17 heavy (non-hydrogen) atoms. The van der Waals surface area contributed by atoms with Gasteiger partial charge in [-0.25, -0.2) is 4.79 Å². The van der Waals surface area contributed by atoms with Crippen LogP contribution in [0.4, 0.5) is 0 Å². The summed E-state index contributed by atoms with van der Waals surface area (Å²) in [6, 6.07) is 9.16. The van der Waals surface area contributed by atoms with Crippen molar-refractivity contribution in [3.63, 3.8) is 0 Å². The van der Waals surface area contributed by atoms with Crippen LogP contribution in [0, 0.1) is 18.3 Å². The second-order valence-electron chi connectivity index (χ2n) is 3.33. The van der Waals surface area contributed by atoms with Crippen LogP contribution in [-0.2, 0) is 14.3 Å². The quantitative estimate of drug-likeness (QED) is 0.346. The first-order chi connectivity index (χ1) is 8.15. The molecular formula is C13H13NO3. The van der Waals surface area contributed by atoms with Gasteiger partial charge in [0.05, 0.1) is 14.2 Å². The lowest BCUT2D eigenvalue weighted by molar-refractivity contribution is -0.135. The van der Waals surface area contributed by atoms with Gasteiger partial charge in [-0.05, 0) is 12.5 Å². The van der Waals surface area contributed by atoms with Crippen molar-refractivity contribution in [3.8, 4) is 6.07 Å². The standard InChI is InChI=1S/C13H13NO3/c1-9-6-4-5-7-10(9)12(16-2)11(8-14)13(15)17-3/h4-7H,1-3H3/b12-11+. The fourth-order valence-corrected chi connectivity index (χ4v) is 1.47. The zero-order valence-electron chi connectivity index (χ0n) is 9.98. The summed E-state index contributed by atoms with van der Waals surface area (Å²) in [6.45, 7) is 1.88. The number of benzene rings is 1. The number of ether oxygens (including phenoxy) is 2. The van der Waals surface area contributed by atoms with Crippen molar-refractivity contribution in [2.24, 2.45) is 0 Å². The minimum atomic E-state index is -0.701. The summed E-state index contributed by atoms with van der Waals surface area (Å²) in [6.07, 6.45) is 0. The van der Waals surface area contributed by atoms with E-state index < -0.39 is 5.97 Å². The molecule has 0 saturated heterocycles. The molecule has 1 rings (SSSR count). The van der Waals surface area contributed by atoms with E-state index in [-0.39, 0.29) is 11.3 Å². The van der Waals surface area contributed by atoms with E-state index in [1.54, 1.807) is 6.07 Å². The monoisotopic (exact) mass is 231 g/mol. The first kappa shape index (κ1) is 12.8. The van der Waals surface area contributed by atoms with Crippen molar-refractivity contribution in [1.82, 2.24) is 0 Å². The predicted octanol–water partition coefficient (Wildman–Crippen LogP) is 2.05. The fraction of sp³-hybridized carbons (Fsp3) is 0.231. The molecule has 0 bridgehead atoms. The van der Waals surface area contributed by atoms with Gasteiger partial charge in [0.2, 0.25) is 0 Å². The number of rotatable bonds is 3. The first-order valence-corrected chi connectivity index (χ1v) is 4.98. The third-order valence-electron chi connectivity index (χ3n) is 2.32. The lowest BCUT2D eigenvalue weighted by Gasteiger charge is -2.10. The molecule has 1 aromatic rings. The molecule has 4 nitrogen and oxygen atoms in total. The molecule has 0 aromatic heterocycles. The number of hydrogen-bond acceptors (Lipinski definition) is 4. The maximum atomic E-state index is 11.4. The lowest BCUT2D eigenvalue weighted by atomic mass is 10.0. The molecule has 0 spiro atoms. The average molecular weight is 231 g/mol. The van der Waals surface area contributed by atoms with Gasteiger partial charge in [0.1, 0.15) is 6.07 Å². The highest BCUT2D eigenvalue weighted by Gasteiger charge is 2.19. The highest BCUT2D eigenvalue weighted by Crippen LogP contribution is 2.23. The van der Waals surface area contributed by atoms with Crippen LogP contribution in [0.3, 0.4) is 0 Å². The Morgan fingerprint density at radius 1 is 1.24 bits per heavy atom. The highest BCUT2D eigenvalue weighted by atomic mass is 16.5. The second kappa shape index (κ2) is 5.71. The van der Waals surface area contributed by atoms with Gasteiger partial charge in [0.25, 0.3) is 0 Å². The van der Waals surface area contributed by atoms with Gasteiger partial charge in [-0.1, -0.05) is 24.3 Å². The summed E-state index contributed by atoms with van der Waals surface area (Å²) in [7, 11) is 2.65. The molecule has 0 aliphatic rings. The summed E-state index contributed by atoms with van der Waals surface area (Å²) >= 11 is 0. The summed E-state index contributed by atoms with van der Waals surface area (Å²) in [5.41, 5.74) is 1.49. The molecule has 0 fully saturated rings. The summed E-state index contributed by atoms with van der Waals surface area (Å²) in [4.78, 5) is 11.4. The Balaban J connectivity index is 3.42. The number of aryl methyl sites for hydroxylation is 1. The van der Waals surface area contributed by atoms with Crippen LogP contribution in [0.25, 0.3) is 5.76 Å². The molecule has 0 atom stereocenters. The van der Waals surface area contributed by atoms with Crippen LogP contribution >= 0.6 is 0 Å². The summed E-state index contributed by atoms with van der Waals surface area (Å²) < 4.78 is 9.70. The van der Waals surface area contributed by atoms with Crippen molar-refractivity contribution < 1.29 is 14.3 Å². The first-order valence-electron chi connectivity index (χ1n) is 4.98. The molecule has 0 aliphatic heterocycles. The van der Waals surface area contributed by atoms with E-state index in [1.165, 1.54) is 14.2 Å². The molecule has 0 heterocycles. The topological polar surface area (TPSA) is 59.3 Å². The van der Waals surface area contributed by atoms with Gasteiger partial charge in [0, 0.05) is 5.56 Å². The Hall–Kier alpha value is -2.28. The molecule has 0 radical (unpaired) electrons. The van der Waals surface area contributed by atoms with E-state index in [0.29, 0.717) is 5.56 Å². The molecular weight excluding hydrogens is 218 g/mol. The van der Waals surface area contributed by atoms with Gasteiger partial charge < -0.3 is 9.47 Å². The van der Waals surface area contributed by atoms with E-state index in [2.05, 4.69) is 4.74 Å². The van der Waals surface area contributed by atoms with E-state index in [9.17, 15) is 4.79 Å². The Morgan fingerprint density at radius 2 is 1.88 bits per heavy atom. The van der Waals surface area contributed by atoms with E-state index in [4.69, 9.17) is 10.00 Å². The SMILES string of the molecule is COC(=O)/C(C#N)=C(/OC)c1ccccc1C. The van der Waals surface area contributed by atoms with Crippen LogP contribution < -0.4 is 0 Å². The number of nitriles is 1. The molecule has 0 N–H and O–H groups in total. The molecule has 88 valence electrons. The maximum absolute atomic E-state index is 11.4. The zero-order chi connectivity index (χ0) is 12.8. The van der Waals surface area contributed by atoms with E-state index >= 15 is 0 Å². The van der Waals surface area contributed by atoms with Gasteiger partial charge in [-0.3, -0.25) is 0 Å². The lowest BCUT2D eigenvalue weighted by Crippen LogP contribution is -2.07. The zero-order valence-corrected chi connectivity index (χ0v) is 9.98. The summed E-state index contributed by atoms with van der Waals surface area (Å²) in [5, 5.41) is 8.99. The second-order valence-corrected chi connectivity index (χ2v) is 3.33. The van der Waals surface area contributed by atoms with Gasteiger partial charge >= 0.3 is 5.97 Å².